The van der Waals surface area contributed by atoms with Crippen LogP contribution >= 0.6 is 21.6 Å². The quantitative estimate of drug-likeness (QED) is 0.536. The predicted molar refractivity (Wildman–Crippen MR) is 79.4 cm³/mol. The second-order valence-corrected chi connectivity index (χ2v) is 7.62. The third-order valence-electron chi connectivity index (χ3n) is 3.04. The highest BCUT2D eigenvalue weighted by Gasteiger charge is 2.15. The minimum atomic E-state index is 0.236. The lowest BCUT2D eigenvalue weighted by atomic mass is 10.1. The fourth-order valence-electron chi connectivity index (χ4n) is 2.07. The summed E-state index contributed by atoms with van der Waals surface area (Å²) in [7, 11) is 4.03. The van der Waals surface area contributed by atoms with Gasteiger partial charge in [0.05, 0.1) is 0 Å². The van der Waals surface area contributed by atoms with Gasteiger partial charge in [0, 0.05) is 23.5 Å². The standard InChI is InChI=1S/C13H25NOS2/c1-3-6-11(2)14-13(15)8-5-4-7-12-9-10-16-17-12/h11-12H,3-10H2,1-2H3,(H,14,15)/t11?,12-/m1/s1. The van der Waals surface area contributed by atoms with Crippen molar-refractivity contribution in [2.45, 2.75) is 70.1 Å². The molecule has 17 heavy (non-hydrogen) atoms. The van der Waals surface area contributed by atoms with E-state index in [2.05, 4.69) is 19.2 Å². The number of carbonyl (C=O) groups is 1. The molecule has 1 amide bonds. The summed E-state index contributed by atoms with van der Waals surface area (Å²) >= 11 is 0. The van der Waals surface area contributed by atoms with Gasteiger partial charge in [-0.1, -0.05) is 41.4 Å². The Morgan fingerprint density at radius 1 is 1.47 bits per heavy atom. The molecule has 2 atom stereocenters. The van der Waals surface area contributed by atoms with E-state index in [9.17, 15) is 4.79 Å². The van der Waals surface area contributed by atoms with Crippen LogP contribution in [0.2, 0.25) is 0 Å². The summed E-state index contributed by atoms with van der Waals surface area (Å²) in [5.41, 5.74) is 0. The van der Waals surface area contributed by atoms with Crippen molar-refractivity contribution in [3.05, 3.63) is 0 Å². The van der Waals surface area contributed by atoms with Crippen LogP contribution in [0.15, 0.2) is 0 Å². The zero-order valence-electron chi connectivity index (χ0n) is 11.0. The van der Waals surface area contributed by atoms with Gasteiger partial charge in [0.2, 0.25) is 5.91 Å². The molecule has 4 heteroatoms. The van der Waals surface area contributed by atoms with E-state index in [1.54, 1.807) is 0 Å². The fourth-order valence-corrected chi connectivity index (χ4v) is 5.10. The van der Waals surface area contributed by atoms with Gasteiger partial charge in [-0.3, -0.25) is 4.79 Å². The van der Waals surface area contributed by atoms with Crippen molar-refractivity contribution in [2.75, 3.05) is 5.75 Å². The van der Waals surface area contributed by atoms with E-state index < -0.39 is 0 Å². The molecule has 1 unspecified atom stereocenters. The maximum absolute atomic E-state index is 11.6. The Labute approximate surface area is 113 Å². The average Bonchev–Trinajstić information content (AvgIpc) is 2.77. The Morgan fingerprint density at radius 3 is 2.94 bits per heavy atom. The molecule has 0 aromatic carbocycles. The molecule has 100 valence electrons. The first kappa shape index (κ1) is 15.2. The lowest BCUT2D eigenvalue weighted by Gasteiger charge is -2.12. The van der Waals surface area contributed by atoms with E-state index in [0.717, 1.165) is 24.5 Å². The van der Waals surface area contributed by atoms with Crippen LogP contribution in [0.25, 0.3) is 0 Å². The number of nitrogens with one attached hydrogen (secondary N) is 1. The van der Waals surface area contributed by atoms with Crippen molar-refractivity contribution < 1.29 is 4.79 Å². The molecule has 1 fully saturated rings. The molecule has 1 rings (SSSR count). The smallest absolute Gasteiger partial charge is 0.220 e. The molecule has 1 N–H and O–H groups in total. The van der Waals surface area contributed by atoms with Crippen molar-refractivity contribution >= 4 is 27.5 Å². The molecule has 0 aromatic heterocycles. The molecule has 0 saturated carbocycles. The SMILES string of the molecule is CCCC(C)NC(=O)CCCC[C@@H]1CCSS1. The second kappa shape index (κ2) is 9.15. The molecule has 0 aliphatic carbocycles. The Bertz CT molecular complexity index is 217. The van der Waals surface area contributed by atoms with E-state index in [0.29, 0.717) is 12.5 Å². The minimum Gasteiger partial charge on any atom is -0.354 e. The van der Waals surface area contributed by atoms with E-state index in [4.69, 9.17) is 0 Å². The van der Waals surface area contributed by atoms with E-state index in [-0.39, 0.29) is 5.91 Å². The van der Waals surface area contributed by atoms with Gasteiger partial charge in [-0.25, -0.2) is 0 Å². The van der Waals surface area contributed by atoms with Crippen LogP contribution in [0.5, 0.6) is 0 Å². The van der Waals surface area contributed by atoms with Crippen LogP contribution < -0.4 is 5.32 Å². The van der Waals surface area contributed by atoms with Gasteiger partial charge in [0.1, 0.15) is 0 Å². The maximum Gasteiger partial charge on any atom is 0.220 e. The van der Waals surface area contributed by atoms with Crippen molar-refractivity contribution in [1.82, 2.24) is 5.32 Å². The summed E-state index contributed by atoms with van der Waals surface area (Å²) in [6, 6.07) is 0.342. The van der Waals surface area contributed by atoms with Gasteiger partial charge in [0.15, 0.2) is 0 Å². The van der Waals surface area contributed by atoms with E-state index >= 15 is 0 Å². The summed E-state index contributed by atoms with van der Waals surface area (Å²) in [6.45, 7) is 4.24. The summed E-state index contributed by atoms with van der Waals surface area (Å²) in [6.07, 6.45) is 7.82. The minimum absolute atomic E-state index is 0.236. The van der Waals surface area contributed by atoms with Crippen molar-refractivity contribution in [1.29, 1.82) is 0 Å². The molecule has 0 spiro atoms. The normalized spacial score (nSPS) is 21.4. The fraction of sp³-hybridized carbons (Fsp3) is 0.923. The Morgan fingerprint density at radius 2 is 2.29 bits per heavy atom. The third-order valence-corrected chi connectivity index (χ3v) is 6.04. The van der Waals surface area contributed by atoms with Gasteiger partial charge in [0.25, 0.3) is 0 Å². The molecular weight excluding hydrogens is 250 g/mol. The molecular formula is C13H25NOS2. The van der Waals surface area contributed by atoms with Gasteiger partial charge >= 0.3 is 0 Å². The molecule has 1 heterocycles. The van der Waals surface area contributed by atoms with Gasteiger partial charge in [-0.2, -0.15) is 0 Å². The van der Waals surface area contributed by atoms with E-state index in [1.165, 1.54) is 25.0 Å². The summed E-state index contributed by atoms with van der Waals surface area (Å²) in [5.74, 6) is 1.55. The summed E-state index contributed by atoms with van der Waals surface area (Å²) in [4.78, 5) is 11.6. The van der Waals surface area contributed by atoms with Gasteiger partial charge in [-0.05, 0) is 32.6 Å². The summed E-state index contributed by atoms with van der Waals surface area (Å²) in [5, 5.41) is 3.91. The Hall–Kier alpha value is 0.170. The Balaban J connectivity index is 1.95. The van der Waals surface area contributed by atoms with Crippen LogP contribution in [0, 0.1) is 0 Å². The van der Waals surface area contributed by atoms with Crippen molar-refractivity contribution in [3.63, 3.8) is 0 Å². The molecule has 0 aromatic rings. The number of hydrogen-bond acceptors (Lipinski definition) is 3. The highest BCUT2D eigenvalue weighted by Crippen LogP contribution is 2.39. The van der Waals surface area contributed by atoms with Crippen LogP contribution in [0.3, 0.4) is 0 Å². The average molecular weight is 275 g/mol. The van der Waals surface area contributed by atoms with E-state index in [1.807, 2.05) is 21.6 Å². The van der Waals surface area contributed by atoms with Crippen molar-refractivity contribution in [2.24, 2.45) is 0 Å². The number of unbranched alkanes of at least 4 members (excludes halogenated alkanes) is 1. The molecule has 0 bridgehead atoms. The number of rotatable bonds is 8. The third kappa shape index (κ3) is 7.24. The number of amides is 1. The largest absolute Gasteiger partial charge is 0.354 e. The van der Waals surface area contributed by atoms with Gasteiger partial charge < -0.3 is 5.32 Å². The molecule has 2 nitrogen and oxygen atoms in total. The predicted octanol–water partition coefficient (Wildman–Crippen LogP) is 4.01. The first-order valence-electron chi connectivity index (χ1n) is 6.80. The molecule has 1 aliphatic rings. The number of hydrogen-bond donors (Lipinski definition) is 1. The highest BCUT2D eigenvalue weighted by atomic mass is 33.1. The monoisotopic (exact) mass is 275 g/mol. The lowest BCUT2D eigenvalue weighted by molar-refractivity contribution is -0.121. The maximum atomic E-state index is 11.6. The lowest BCUT2D eigenvalue weighted by Crippen LogP contribution is -2.32. The van der Waals surface area contributed by atoms with Crippen LogP contribution in [-0.2, 0) is 4.79 Å². The molecule has 1 saturated heterocycles. The Kier molecular flexibility index (Phi) is 8.19. The highest BCUT2D eigenvalue weighted by molar-refractivity contribution is 8.77. The first-order chi connectivity index (χ1) is 8.22. The topological polar surface area (TPSA) is 29.1 Å². The van der Waals surface area contributed by atoms with Crippen LogP contribution in [0.4, 0.5) is 0 Å². The van der Waals surface area contributed by atoms with Crippen molar-refractivity contribution in [3.8, 4) is 0 Å². The van der Waals surface area contributed by atoms with Gasteiger partial charge in [-0.15, -0.1) is 0 Å². The molecule has 0 radical (unpaired) electrons. The van der Waals surface area contributed by atoms with Crippen LogP contribution in [0.1, 0.15) is 58.8 Å². The summed E-state index contributed by atoms with van der Waals surface area (Å²) < 4.78 is 0. The zero-order valence-corrected chi connectivity index (χ0v) is 12.7. The molecule has 1 aliphatic heterocycles. The zero-order chi connectivity index (χ0) is 12.5. The van der Waals surface area contributed by atoms with Crippen LogP contribution in [-0.4, -0.2) is 23.0 Å². The number of carbonyl (C=O) groups excluding carboxylic acids is 1. The second-order valence-electron chi connectivity index (χ2n) is 4.83. The first-order valence-corrected chi connectivity index (χ1v) is 9.18.